The highest BCUT2D eigenvalue weighted by atomic mass is 16.5. The minimum atomic E-state index is 0.0150. The van der Waals surface area contributed by atoms with Gasteiger partial charge in [0.1, 0.15) is 5.75 Å². The van der Waals surface area contributed by atoms with Crippen LogP contribution in [0.1, 0.15) is 0 Å². The zero-order valence-corrected chi connectivity index (χ0v) is 7.14. The van der Waals surface area contributed by atoms with E-state index in [2.05, 4.69) is 10.1 Å². The first-order valence-corrected chi connectivity index (χ1v) is 3.85. The Labute approximate surface area is 79.1 Å². The molecule has 2 rings (SSSR count). The topological polar surface area (TPSA) is 111 Å². The molecule has 0 spiro atoms. The van der Waals surface area contributed by atoms with Crippen LogP contribution in [0.4, 0.5) is 11.6 Å². The molecule has 0 radical (unpaired) electrons. The lowest BCUT2D eigenvalue weighted by Gasteiger charge is -1.99. The number of aromatic hydroxyl groups is 1. The summed E-state index contributed by atoms with van der Waals surface area (Å²) in [7, 11) is 0. The van der Waals surface area contributed by atoms with Gasteiger partial charge >= 0.3 is 0 Å². The normalized spacial score (nSPS) is 10.3. The SMILES string of the molecule is Nc1noc(-c2ccc(O)c(N)c2)n1. The second-order valence-corrected chi connectivity index (χ2v) is 2.73. The van der Waals surface area contributed by atoms with Gasteiger partial charge in [0.05, 0.1) is 5.69 Å². The molecule has 1 aromatic heterocycles. The van der Waals surface area contributed by atoms with Crippen molar-refractivity contribution in [1.29, 1.82) is 0 Å². The van der Waals surface area contributed by atoms with Crippen molar-refractivity contribution in [2.24, 2.45) is 0 Å². The van der Waals surface area contributed by atoms with Gasteiger partial charge in [-0.05, 0) is 23.4 Å². The van der Waals surface area contributed by atoms with Gasteiger partial charge in [-0.15, -0.1) is 0 Å². The fraction of sp³-hybridized carbons (Fsp3) is 0. The van der Waals surface area contributed by atoms with Gasteiger partial charge in [-0.2, -0.15) is 4.98 Å². The van der Waals surface area contributed by atoms with E-state index in [1.54, 1.807) is 6.07 Å². The van der Waals surface area contributed by atoms with E-state index in [1.165, 1.54) is 12.1 Å². The van der Waals surface area contributed by atoms with E-state index >= 15 is 0 Å². The van der Waals surface area contributed by atoms with Gasteiger partial charge in [-0.1, -0.05) is 0 Å². The van der Waals surface area contributed by atoms with E-state index in [9.17, 15) is 5.11 Å². The number of phenolic OH excluding ortho intramolecular Hbond substituents is 1. The van der Waals surface area contributed by atoms with E-state index in [0.29, 0.717) is 5.56 Å². The van der Waals surface area contributed by atoms with Gasteiger partial charge in [0.2, 0.25) is 0 Å². The van der Waals surface area contributed by atoms with Crippen molar-refractivity contribution < 1.29 is 9.63 Å². The lowest BCUT2D eigenvalue weighted by Crippen LogP contribution is -1.88. The van der Waals surface area contributed by atoms with Crippen LogP contribution in [0.3, 0.4) is 0 Å². The standard InChI is InChI=1S/C8H8N4O2/c9-5-3-4(1-2-6(5)13)7-11-8(10)12-14-7/h1-3,13H,9H2,(H2,10,12). The van der Waals surface area contributed by atoms with Gasteiger partial charge in [0.15, 0.2) is 0 Å². The minimum absolute atomic E-state index is 0.0150. The molecule has 0 aliphatic carbocycles. The Bertz CT molecular complexity index is 466. The van der Waals surface area contributed by atoms with Crippen molar-refractivity contribution in [2.75, 3.05) is 11.5 Å². The van der Waals surface area contributed by atoms with E-state index < -0.39 is 0 Å². The van der Waals surface area contributed by atoms with Gasteiger partial charge in [-0.3, -0.25) is 0 Å². The number of nitrogens with zero attached hydrogens (tertiary/aromatic N) is 2. The number of rotatable bonds is 1. The lowest BCUT2D eigenvalue weighted by molar-refractivity contribution is 0.433. The summed E-state index contributed by atoms with van der Waals surface area (Å²) in [6, 6.07) is 4.59. The number of aromatic nitrogens is 2. The first-order chi connectivity index (χ1) is 6.66. The second kappa shape index (κ2) is 2.91. The number of hydrogen-bond donors (Lipinski definition) is 3. The van der Waals surface area contributed by atoms with Crippen molar-refractivity contribution in [3.05, 3.63) is 18.2 Å². The van der Waals surface area contributed by atoms with Crippen molar-refractivity contribution in [1.82, 2.24) is 10.1 Å². The van der Waals surface area contributed by atoms with Crippen molar-refractivity contribution >= 4 is 11.6 Å². The second-order valence-electron chi connectivity index (χ2n) is 2.73. The minimum Gasteiger partial charge on any atom is -0.506 e. The smallest absolute Gasteiger partial charge is 0.261 e. The van der Waals surface area contributed by atoms with Crippen LogP contribution in [0.5, 0.6) is 5.75 Å². The predicted molar refractivity (Wildman–Crippen MR) is 50.2 cm³/mol. The quantitative estimate of drug-likeness (QED) is 0.450. The van der Waals surface area contributed by atoms with Gasteiger partial charge in [0, 0.05) is 5.56 Å². The summed E-state index contributed by atoms with van der Waals surface area (Å²) in [4.78, 5) is 3.81. The molecule has 5 N–H and O–H groups in total. The Balaban J connectivity index is 2.47. The summed E-state index contributed by atoms with van der Waals surface area (Å²) >= 11 is 0. The molecule has 2 aromatic rings. The average Bonchev–Trinajstić information content (AvgIpc) is 2.57. The van der Waals surface area contributed by atoms with Gasteiger partial charge < -0.3 is 21.1 Å². The Kier molecular flexibility index (Phi) is 1.74. The molecular formula is C8H8N4O2. The summed E-state index contributed by atoms with van der Waals surface area (Å²) in [6.07, 6.45) is 0. The maximum atomic E-state index is 9.18. The van der Waals surface area contributed by atoms with E-state index in [1.807, 2.05) is 0 Å². The van der Waals surface area contributed by atoms with Crippen LogP contribution in [0.15, 0.2) is 22.7 Å². The molecule has 72 valence electrons. The van der Waals surface area contributed by atoms with Crippen LogP contribution < -0.4 is 11.5 Å². The first-order valence-electron chi connectivity index (χ1n) is 3.85. The summed E-state index contributed by atoms with van der Waals surface area (Å²) < 4.78 is 4.82. The maximum Gasteiger partial charge on any atom is 0.261 e. The molecule has 0 bridgehead atoms. The zero-order chi connectivity index (χ0) is 10.1. The van der Waals surface area contributed by atoms with Crippen LogP contribution >= 0.6 is 0 Å². The number of nitrogens with two attached hydrogens (primary N) is 2. The van der Waals surface area contributed by atoms with Crippen LogP contribution in [0.2, 0.25) is 0 Å². The molecule has 0 fully saturated rings. The van der Waals surface area contributed by atoms with Crippen molar-refractivity contribution in [2.45, 2.75) is 0 Å². The first kappa shape index (κ1) is 8.36. The fourth-order valence-electron chi connectivity index (χ4n) is 1.04. The largest absolute Gasteiger partial charge is 0.506 e. The lowest BCUT2D eigenvalue weighted by atomic mass is 10.2. The van der Waals surface area contributed by atoms with Crippen LogP contribution in [-0.2, 0) is 0 Å². The molecule has 0 saturated heterocycles. The predicted octanol–water partition coefficient (Wildman–Crippen LogP) is 0.607. The molecule has 0 aliphatic heterocycles. The summed E-state index contributed by atoms with van der Waals surface area (Å²) in [5.74, 6) is 0.349. The van der Waals surface area contributed by atoms with E-state index in [4.69, 9.17) is 16.0 Å². The average molecular weight is 192 g/mol. The van der Waals surface area contributed by atoms with Crippen molar-refractivity contribution in [3.63, 3.8) is 0 Å². The summed E-state index contributed by atoms with van der Waals surface area (Å²) in [5, 5.41) is 12.6. The highest BCUT2D eigenvalue weighted by molar-refractivity contribution is 5.65. The highest BCUT2D eigenvalue weighted by Gasteiger charge is 2.07. The maximum absolute atomic E-state index is 9.18. The zero-order valence-electron chi connectivity index (χ0n) is 7.14. The molecule has 1 aromatic carbocycles. The molecule has 0 saturated carbocycles. The number of anilines is 2. The van der Waals surface area contributed by atoms with Gasteiger partial charge in [0.25, 0.3) is 11.8 Å². The Morgan fingerprint density at radius 3 is 2.64 bits per heavy atom. The molecule has 0 aliphatic rings. The third-order valence-electron chi connectivity index (χ3n) is 1.72. The number of benzene rings is 1. The van der Waals surface area contributed by atoms with Crippen LogP contribution in [0, 0.1) is 0 Å². The molecule has 1 heterocycles. The van der Waals surface area contributed by atoms with Crippen LogP contribution in [-0.4, -0.2) is 15.2 Å². The molecule has 0 atom stereocenters. The molecule has 14 heavy (non-hydrogen) atoms. The third-order valence-corrected chi connectivity index (χ3v) is 1.72. The summed E-state index contributed by atoms with van der Waals surface area (Å²) in [5.41, 5.74) is 11.6. The highest BCUT2D eigenvalue weighted by Crippen LogP contribution is 2.26. The van der Waals surface area contributed by atoms with Gasteiger partial charge in [-0.25, -0.2) is 0 Å². The molecule has 0 amide bonds. The fourth-order valence-corrected chi connectivity index (χ4v) is 1.04. The number of nitrogen functional groups attached to an aromatic ring is 2. The molecule has 0 unspecified atom stereocenters. The monoisotopic (exact) mass is 192 g/mol. The molecule has 6 heteroatoms. The van der Waals surface area contributed by atoms with E-state index in [0.717, 1.165) is 0 Å². The Morgan fingerprint density at radius 2 is 2.07 bits per heavy atom. The van der Waals surface area contributed by atoms with Crippen LogP contribution in [0.25, 0.3) is 11.5 Å². The Hall–Kier alpha value is -2.24. The van der Waals surface area contributed by atoms with Crippen molar-refractivity contribution in [3.8, 4) is 17.2 Å². The molecular weight excluding hydrogens is 184 g/mol. The molecule has 6 nitrogen and oxygen atoms in total. The summed E-state index contributed by atoms with van der Waals surface area (Å²) in [6.45, 7) is 0. The third kappa shape index (κ3) is 1.33. The Morgan fingerprint density at radius 1 is 1.29 bits per heavy atom. The number of hydrogen-bond acceptors (Lipinski definition) is 6. The van der Waals surface area contributed by atoms with E-state index in [-0.39, 0.29) is 23.3 Å². The number of phenols is 1.